The lowest BCUT2D eigenvalue weighted by atomic mass is 10.0. The molecule has 1 saturated heterocycles. The van der Waals surface area contributed by atoms with E-state index in [-0.39, 0.29) is 23.6 Å². The Morgan fingerprint density at radius 2 is 1.61 bits per heavy atom. The van der Waals surface area contributed by atoms with Crippen molar-refractivity contribution in [3.8, 4) is 0 Å². The Kier molecular flexibility index (Phi) is 7.14. The molecule has 8 nitrogen and oxygen atoms in total. The Labute approximate surface area is 193 Å². The highest BCUT2D eigenvalue weighted by Crippen LogP contribution is 2.25. The first-order valence-electron chi connectivity index (χ1n) is 11.3. The second-order valence-corrected chi connectivity index (χ2v) is 8.50. The number of amides is 2. The number of piperidine rings is 1. The fraction of sp³-hybridized carbons (Fsp3) is 0.360. The van der Waals surface area contributed by atoms with Crippen molar-refractivity contribution in [3.05, 3.63) is 60.7 Å². The van der Waals surface area contributed by atoms with Crippen LogP contribution in [0.1, 0.15) is 26.2 Å². The first-order valence-corrected chi connectivity index (χ1v) is 11.3. The van der Waals surface area contributed by atoms with Crippen molar-refractivity contribution in [2.45, 2.75) is 38.3 Å². The first-order chi connectivity index (χ1) is 16.0. The molecule has 0 saturated carbocycles. The quantitative estimate of drug-likeness (QED) is 0.680. The summed E-state index contributed by atoms with van der Waals surface area (Å²) in [4.78, 5) is 39.4. The van der Waals surface area contributed by atoms with Crippen molar-refractivity contribution in [3.63, 3.8) is 0 Å². The Bertz CT molecular complexity index is 1020. The van der Waals surface area contributed by atoms with Gasteiger partial charge in [-0.2, -0.15) is 5.10 Å². The van der Waals surface area contributed by atoms with Crippen LogP contribution in [0, 0.1) is 0 Å². The van der Waals surface area contributed by atoms with Gasteiger partial charge in [-0.15, -0.1) is 0 Å². The van der Waals surface area contributed by atoms with E-state index in [9.17, 15) is 14.4 Å². The first kappa shape index (κ1) is 22.7. The number of benzene rings is 2. The molecular weight excluding hydrogens is 418 g/mol. The van der Waals surface area contributed by atoms with Gasteiger partial charge >= 0.3 is 0 Å². The molecule has 2 heterocycles. The molecule has 0 aliphatic carbocycles. The lowest BCUT2D eigenvalue weighted by Gasteiger charge is -2.31. The van der Waals surface area contributed by atoms with Crippen LogP contribution < -0.4 is 15.6 Å². The molecule has 2 amide bonds. The molecule has 2 N–H and O–H groups in total. The van der Waals surface area contributed by atoms with Gasteiger partial charge in [0.05, 0.1) is 12.2 Å². The average Bonchev–Trinajstić information content (AvgIpc) is 3.28. The van der Waals surface area contributed by atoms with Crippen molar-refractivity contribution in [2.24, 2.45) is 5.10 Å². The van der Waals surface area contributed by atoms with Gasteiger partial charge in [0.1, 0.15) is 11.8 Å². The molecule has 1 atom stereocenters. The minimum atomic E-state index is -0.460. The summed E-state index contributed by atoms with van der Waals surface area (Å²) in [6.45, 7) is 3.31. The molecule has 0 radical (unpaired) electrons. The smallest absolute Gasteiger partial charge is 0.267 e. The predicted octanol–water partition coefficient (Wildman–Crippen LogP) is 2.43. The van der Waals surface area contributed by atoms with Crippen LogP contribution >= 0.6 is 0 Å². The van der Waals surface area contributed by atoms with Crippen molar-refractivity contribution in [1.82, 2.24) is 10.2 Å². The number of hydrazone groups is 1. The number of hydrogen-bond donors (Lipinski definition) is 2. The number of carbonyl (C=O) groups excluding carboxylic acids is 3. The Morgan fingerprint density at radius 1 is 0.970 bits per heavy atom. The molecule has 2 aliphatic heterocycles. The largest absolute Gasteiger partial charge is 0.348 e. The van der Waals surface area contributed by atoms with E-state index in [4.69, 9.17) is 0 Å². The number of para-hydroxylation sites is 2. The zero-order chi connectivity index (χ0) is 23.2. The third-order valence-corrected chi connectivity index (χ3v) is 6.01. The summed E-state index contributed by atoms with van der Waals surface area (Å²) < 4.78 is 0. The molecule has 2 aliphatic rings. The van der Waals surface area contributed by atoms with Crippen molar-refractivity contribution in [1.29, 1.82) is 0 Å². The number of nitrogens with one attached hydrogen (secondary N) is 2. The fourth-order valence-corrected chi connectivity index (χ4v) is 4.21. The lowest BCUT2D eigenvalue weighted by molar-refractivity contribution is -0.119. The summed E-state index contributed by atoms with van der Waals surface area (Å²) in [7, 11) is 0. The van der Waals surface area contributed by atoms with E-state index in [1.165, 1.54) is 6.92 Å². The van der Waals surface area contributed by atoms with Crippen LogP contribution in [-0.4, -0.2) is 59.9 Å². The summed E-state index contributed by atoms with van der Waals surface area (Å²) in [5.74, 6) is -0.285. The summed E-state index contributed by atoms with van der Waals surface area (Å²) in [5.41, 5.74) is 1.96. The lowest BCUT2D eigenvalue weighted by Crippen LogP contribution is -2.48. The van der Waals surface area contributed by atoms with E-state index in [2.05, 4.69) is 20.6 Å². The van der Waals surface area contributed by atoms with Crippen LogP contribution in [0.3, 0.4) is 0 Å². The number of rotatable bonds is 7. The third kappa shape index (κ3) is 5.84. The molecule has 172 valence electrons. The number of nitrogens with zero attached hydrogens (tertiary/aromatic N) is 3. The molecule has 33 heavy (non-hydrogen) atoms. The second kappa shape index (κ2) is 10.4. The van der Waals surface area contributed by atoms with E-state index >= 15 is 0 Å². The van der Waals surface area contributed by atoms with Crippen LogP contribution in [0.2, 0.25) is 0 Å². The Balaban J connectivity index is 1.27. The maximum Gasteiger partial charge on any atom is 0.267 e. The normalized spacial score (nSPS) is 19.1. The van der Waals surface area contributed by atoms with Gasteiger partial charge in [-0.3, -0.25) is 24.3 Å². The van der Waals surface area contributed by atoms with Crippen LogP contribution in [-0.2, 0) is 14.4 Å². The van der Waals surface area contributed by atoms with Crippen molar-refractivity contribution in [2.75, 3.05) is 30.0 Å². The monoisotopic (exact) mass is 447 g/mol. The standard InChI is InChI=1S/C25H29N5O3/c1-18(31)23-16-22(28-30(23)21-10-6-3-7-11-21)25(33)27-20-12-14-29(15-13-20)17-24(32)26-19-8-4-2-5-9-19/h2-11,20,23H,12-17H2,1H3,(H,26,32)(H,27,33)/t23-/m1/s1. The molecule has 0 aromatic heterocycles. The van der Waals surface area contributed by atoms with Gasteiger partial charge in [-0.25, -0.2) is 0 Å². The predicted molar refractivity (Wildman–Crippen MR) is 128 cm³/mol. The molecular formula is C25H29N5O3. The third-order valence-electron chi connectivity index (χ3n) is 6.01. The van der Waals surface area contributed by atoms with E-state index in [1.807, 2.05) is 60.7 Å². The maximum atomic E-state index is 12.9. The zero-order valence-electron chi connectivity index (χ0n) is 18.7. The minimum absolute atomic E-state index is 0.0208. The SMILES string of the molecule is CC(=O)[C@H]1CC(C(=O)NC2CCN(CC(=O)Nc3ccccc3)CC2)=NN1c1ccccc1. The second-order valence-electron chi connectivity index (χ2n) is 8.50. The summed E-state index contributed by atoms with van der Waals surface area (Å²) >= 11 is 0. The van der Waals surface area contributed by atoms with Crippen LogP contribution in [0.15, 0.2) is 65.8 Å². The minimum Gasteiger partial charge on any atom is -0.348 e. The summed E-state index contributed by atoms with van der Waals surface area (Å²) in [6.07, 6.45) is 1.82. The number of anilines is 2. The number of Topliss-reactive ketones (excluding diaryl/α,β-unsaturated/α-hetero) is 1. The van der Waals surface area contributed by atoms with E-state index in [0.29, 0.717) is 18.7 Å². The highest BCUT2D eigenvalue weighted by atomic mass is 16.2. The van der Waals surface area contributed by atoms with Gasteiger partial charge in [0.15, 0.2) is 5.78 Å². The van der Waals surface area contributed by atoms with E-state index in [1.54, 1.807) is 5.01 Å². The number of ketones is 1. The number of likely N-dealkylation sites (tertiary alicyclic amines) is 1. The molecule has 8 heteroatoms. The molecule has 0 unspecified atom stereocenters. The summed E-state index contributed by atoms with van der Waals surface area (Å²) in [5, 5.41) is 12.1. The molecule has 0 spiro atoms. The molecule has 2 aromatic carbocycles. The van der Waals surface area contributed by atoms with Gasteiger partial charge in [0.2, 0.25) is 5.91 Å². The highest BCUT2D eigenvalue weighted by molar-refractivity contribution is 6.40. The van der Waals surface area contributed by atoms with Crippen molar-refractivity contribution < 1.29 is 14.4 Å². The number of hydrogen-bond acceptors (Lipinski definition) is 6. The zero-order valence-corrected chi connectivity index (χ0v) is 18.7. The summed E-state index contributed by atoms with van der Waals surface area (Å²) in [6, 6.07) is 18.4. The van der Waals surface area contributed by atoms with Gasteiger partial charge in [0, 0.05) is 31.2 Å². The topological polar surface area (TPSA) is 94.1 Å². The van der Waals surface area contributed by atoms with Crippen molar-refractivity contribution >= 4 is 34.7 Å². The van der Waals surface area contributed by atoms with Crippen LogP contribution in [0.25, 0.3) is 0 Å². The van der Waals surface area contributed by atoms with Gasteiger partial charge in [0.25, 0.3) is 5.91 Å². The fourth-order valence-electron chi connectivity index (χ4n) is 4.21. The molecule has 0 bridgehead atoms. The van der Waals surface area contributed by atoms with Gasteiger partial charge in [-0.1, -0.05) is 36.4 Å². The van der Waals surface area contributed by atoms with Crippen LogP contribution in [0.4, 0.5) is 11.4 Å². The highest BCUT2D eigenvalue weighted by Gasteiger charge is 2.35. The Hall–Kier alpha value is -3.52. The number of carbonyl (C=O) groups is 3. The van der Waals surface area contributed by atoms with Gasteiger partial charge in [-0.05, 0) is 44.0 Å². The Morgan fingerprint density at radius 3 is 2.24 bits per heavy atom. The van der Waals surface area contributed by atoms with Gasteiger partial charge < -0.3 is 10.6 Å². The molecule has 4 rings (SSSR count). The average molecular weight is 448 g/mol. The van der Waals surface area contributed by atoms with E-state index in [0.717, 1.165) is 37.3 Å². The molecule has 2 aromatic rings. The van der Waals surface area contributed by atoms with E-state index < -0.39 is 6.04 Å². The maximum absolute atomic E-state index is 12.9. The van der Waals surface area contributed by atoms with Crippen LogP contribution in [0.5, 0.6) is 0 Å². The molecule has 1 fully saturated rings.